The predicted octanol–water partition coefficient (Wildman–Crippen LogP) is 0.810. The first-order valence-corrected chi connectivity index (χ1v) is 5.82. The molecular formula is C12H21N3O2. The van der Waals surface area contributed by atoms with Gasteiger partial charge in [-0.15, -0.1) is 0 Å². The molecule has 1 rings (SSSR count). The summed E-state index contributed by atoms with van der Waals surface area (Å²) in [6.45, 7) is 6.97. The predicted molar refractivity (Wildman–Crippen MR) is 65.6 cm³/mol. The average molecular weight is 239 g/mol. The van der Waals surface area contributed by atoms with Gasteiger partial charge in [-0.1, -0.05) is 6.92 Å². The number of aromatic nitrogens is 2. The van der Waals surface area contributed by atoms with Gasteiger partial charge in [-0.05, 0) is 32.4 Å². The maximum Gasteiger partial charge on any atom is 0.310 e. The van der Waals surface area contributed by atoms with Gasteiger partial charge >= 0.3 is 5.97 Å². The maximum absolute atomic E-state index is 11.4. The lowest BCUT2D eigenvalue weighted by Crippen LogP contribution is -2.20. The zero-order chi connectivity index (χ0) is 13.0. The fourth-order valence-electron chi connectivity index (χ4n) is 1.95. The molecule has 1 unspecified atom stereocenters. The number of carbonyl (C=O) groups excluding carboxylic acids is 1. The fraction of sp³-hybridized carbons (Fsp3) is 0.667. The summed E-state index contributed by atoms with van der Waals surface area (Å²) < 4.78 is 6.57. The van der Waals surface area contributed by atoms with Crippen LogP contribution in [0.15, 0.2) is 0 Å². The first kappa shape index (κ1) is 13.7. The molecule has 0 bridgehead atoms. The van der Waals surface area contributed by atoms with Crippen LogP contribution >= 0.6 is 0 Å². The van der Waals surface area contributed by atoms with Gasteiger partial charge in [0.2, 0.25) is 0 Å². The van der Waals surface area contributed by atoms with Crippen molar-refractivity contribution in [1.29, 1.82) is 0 Å². The number of nitrogens with two attached hydrogens (primary N) is 1. The van der Waals surface area contributed by atoms with Crippen molar-refractivity contribution in [1.82, 2.24) is 9.78 Å². The number of methoxy groups -OCH3 is 1. The third kappa shape index (κ3) is 3.06. The van der Waals surface area contributed by atoms with E-state index in [0.717, 1.165) is 17.8 Å². The number of esters is 1. The van der Waals surface area contributed by atoms with Crippen LogP contribution in [0.3, 0.4) is 0 Å². The van der Waals surface area contributed by atoms with Gasteiger partial charge in [0.15, 0.2) is 0 Å². The SMILES string of the molecule is COC(=O)C(C)Cn1nc(C)c(CCN)c1C. The quantitative estimate of drug-likeness (QED) is 0.772. The Kier molecular flexibility index (Phi) is 4.69. The number of hydrogen-bond acceptors (Lipinski definition) is 4. The molecule has 0 saturated carbocycles. The number of aryl methyl sites for hydroxylation is 1. The molecule has 1 atom stereocenters. The monoisotopic (exact) mass is 239 g/mol. The Balaban J connectivity index is 2.85. The van der Waals surface area contributed by atoms with E-state index in [-0.39, 0.29) is 11.9 Å². The molecule has 0 aliphatic rings. The summed E-state index contributed by atoms with van der Waals surface area (Å²) in [5, 5.41) is 4.44. The van der Waals surface area contributed by atoms with Gasteiger partial charge in [0.05, 0.1) is 25.3 Å². The van der Waals surface area contributed by atoms with Gasteiger partial charge in [0, 0.05) is 5.69 Å². The third-order valence-corrected chi connectivity index (χ3v) is 2.98. The molecule has 1 aromatic heterocycles. The molecule has 0 aliphatic carbocycles. The number of hydrogen-bond donors (Lipinski definition) is 1. The Bertz CT molecular complexity index is 399. The van der Waals surface area contributed by atoms with E-state index in [2.05, 4.69) is 5.10 Å². The lowest BCUT2D eigenvalue weighted by Gasteiger charge is -2.10. The van der Waals surface area contributed by atoms with Crippen molar-refractivity contribution in [3.8, 4) is 0 Å². The van der Waals surface area contributed by atoms with Crippen LogP contribution in [0.2, 0.25) is 0 Å². The summed E-state index contributed by atoms with van der Waals surface area (Å²) in [6, 6.07) is 0. The zero-order valence-corrected chi connectivity index (χ0v) is 11.0. The molecule has 0 aliphatic heterocycles. The van der Waals surface area contributed by atoms with E-state index in [1.54, 1.807) is 0 Å². The minimum absolute atomic E-state index is 0.191. The Morgan fingerprint density at radius 1 is 1.53 bits per heavy atom. The number of rotatable bonds is 5. The second kappa shape index (κ2) is 5.82. The highest BCUT2D eigenvalue weighted by atomic mass is 16.5. The third-order valence-electron chi connectivity index (χ3n) is 2.98. The molecule has 1 heterocycles. The van der Waals surface area contributed by atoms with Crippen molar-refractivity contribution in [2.45, 2.75) is 33.7 Å². The summed E-state index contributed by atoms with van der Waals surface area (Å²) in [5.74, 6) is -0.401. The lowest BCUT2D eigenvalue weighted by atomic mass is 10.1. The van der Waals surface area contributed by atoms with E-state index in [1.807, 2.05) is 25.5 Å². The minimum Gasteiger partial charge on any atom is -0.469 e. The van der Waals surface area contributed by atoms with Gasteiger partial charge in [-0.25, -0.2) is 0 Å². The molecule has 0 fully saturated rings. The molecule has 0 amide bonds. The molecule has 0 aromatic carbocycles. The van der Waals surface area contributed by atoms with Crippen LogP contribution in [0.5, 0.6) is 0 Å². The summed E-state index contributed by atoms with van der Waals surface area (Å²) >= 11 is 0. The topological polar surface area (TPSA) is 70.1 Å². The Labute approximate surface area is 102 Å². The molecule has 96 valence electrons. The smallest absolute Gasteiger partial charge is 0.310 e. The second-order valence-electron chi connectivity index (χ2n) is 4.29. The summed E-state index contributed by atoms with van der Waals surface area (Å²) in [7, 11) is 1.40. The summed E-state index contributed by atoms with van der Waals surface area (Å²) in [5.41, 5.74) is 8.83. The van der Waals surface area contributed by atoms with Crippen LogP contribution in [0.25, 0.3) is 0 Å². The van der Waals surface area contributed by atoms with Gasteiger partial charge < -0.3 is 10.5 Å². The van der Waals surface area contributed by atoms with Crippen LogP contribution in [0, 0.1) is 19.8 Å². The summed E-state index contributed by atoms with van der Waals surface area (Å²) in [6.07, 6.45) is 0.824. The van der Waals surface area contributed by atoms with Crippen molar-refractivity contribution in [2.75, 3.05) is 13.7 Å². The Morgan fingerprint density at radius 3 is 2.71 bits per heavy atom. The molecule has 17 heavy (non-hydrogen) atoms. The van der Waals surface area contributed by atoms with Crippen molar-refractivity contribution < 1.29 is 9.53 Å². The highest BCUT2D eigenvalue weighted by molar-refractivity contribution is 5.71. The molecule has 5 heteroatoms. The molecule has 1 aromatic rings. The Hall–Kier alpha value is -1.36. The first-order valence-electron chi connectivity index (χ1n) is 5.82. The van der Waals surface area contributed by atoms with E-state index in [4.69, 9.17) is 10.5 Å². The van der Waals surface area contributed by atoms with Crippen molar-refractivity contribution in [2.24, 2.45) is 11.7 Å². The normalized spacial score (nSPS) is 12.5. The fourth-order valence-corrected chi connectivity index (χ4v) is 1.95. The van der Waals surface area contributed by atoms with Crippen LogP contribution in [0.4, 0.5) is 0 Å². The number of nitrogens with zero attached hydrogens (tertiary/aromatic N) is 2. The van der Waals surface area contributed by atoms with E-state index >= 15 is 0 Å². The van der Waals surface area contributed by atoms with E-state index in [0.29, 0.717) is 13.1 Å². The van der Waals surface area contributed by atoms with E-state index < -0.39 is 0 Å². The van der Waals surface area contributed by atoms with Crippen LogP contribution in [-0.2, 0) is 22.5 Å². The second-order valence-corrected chi connectivity index (χ2v) is 4.29. The van der Waals surface area contributed by atoms with Crippen LogP contribution in [-0.4, -0.2) is 29.4 Å². The van der Waals surface area contributed by atoms with Crippen molar-refractivity contribution in [3.63, 3.8) is 0 Å². The molecule has 5 nitrogen and oxygen atoms in total. The highest BCUT2D eigenvalue weighted by Gasteiger charge is 2.17. The standard InChI is InChI=1S/C12H21N3O2/c1-8(12(16)17-4)7-15-10(3)11(5-6-13)9(2)14-15/h8H,5-7,13H2,1-4H3. The maximum atomic E-state index is 11.4. The van der Waals surface area contributed by atoms with Gasteiger partial charge in [-0.2, -0.15) is 5.10 Å². The van der Waals surface area contributed by atoms with Crippen molar-refractivity contribution >= 4 is 5.97 Å². The van der Waals surface area contributed by atoms with Gasteiger partial charge in [0.25, 0.3) is 0 Å². The molecule has 0 saturated heterocycles. The van der Waals surface area contributed by atoms with Crippen LogP contribution in [0.1, 0.15) is 23.9 Å². The number of ether oxygens (including phenoxy) is 1. The molecule has 0 spiro atoms. The first-order chi connectivity index (χ1) is 8.01. The molecular weight excluding hydrogens is 218 g/mol. The van der Waals surface area contributed by atoms with Gasteiger partial charge in [-0.3, -0.25) is 9.48 Å². The van der Waals surface area contributed by atoms with Crippen LogP contribution < -0.4 is 5.73 Å². The zero-order valence-electron chi connectivity index (χ0n) is 11.0. The Morgan fingerprint density at radius 2 is 2.18 bits per heavy atom. The lowest BCUT2D eigenvalue weighted by molar-refractivity contribution is -0.145. The highest BCUT2D eigenvalue weighted by Crippen LogP contribution is 2.15. The largest absolute Gasteiger partial charge is 0.469 e. The van der Waals surface area contributed by atoms with Gasteiger partial charge in [0.1, 0.15) is 0 Å². The minimum atomic E-state index is -0.210. The van der Waals surface area contributed by atoms with E-state index in [9.17, 15) is 4.79 Å². The number of carbonyl (C=O) groups is 1. The van der Waals surface area contributed by atoms with Crippen molar-refractivity contribution in [3.05, 3.63) is 17.0 Å². The van der Waals surface area contributed by atoms with E-state index in [1.165, 1.54) is 12.7 Å². The molecule has 2 N–H and O–H groups in total. The summed E-state index contributed by atoms with van der Waals surface area (Å²) in [4.78, 5) is 11.4. The molecule has 0 radical (unpaired) electrons. The average Bonchev–Trinajstić information content (AvgIpc) is 2.56.